The number of hydrogen-bond acceptors (Lipinski definition) is 2. The fourth-order valence-electron chi connectivity index (χ4n) is 2.51. The molecule has 0 amide bonds. The van der Waals surface area contributed by atoms with Crippen LogP contribution in [-0.2, 0) is 11.8 Å². The Hall–Kier alpha value is -1.23. The van der Waals surface area contributed by atoms with Crippen LogP contribution in [0.4, 0.5) is 4.39 Å². The Morgan fingerprint density at radius 2 is 1.76 bits per heavy atom. The van der Waals surface area contributed by atoms with Crippen molar-refractivity contribution in [3.05, 3.63) is 69.4 Å². The van der Waals surface area contributed by atoms with Gasteiger partial charge in [-0.3, -0.25) is 0 Å². The highest BCUT2D eigenvalue weighted by atomic mass is 79.9. The maximum Gasteiger partial charge on any atom is 0.123 e. The van der Waals surface area contributed by atoms with Crippen LogP contribution in [0.15, 0.2) is 46.9 Å². The Morgan fingerprint density at radius 3 is 2.38 bits per heavy atom. The molecule has 2 rings (SSSR count). The number of rotatable bonds is 5. The Labute approximate surface area is 132 Å². The SMILES string of the molecule is Cc1ccc(F)cc1CC(CO)(CO)c1ccccc1Br. The van der Waals surface area contributed by atoms with Crippen LogP contribution in [0.2, 0.25) is 0 Å². The highest BCUT2D eigenvalue weighted by molar-refractivity contribution is 9.10. The lowest BCUT2D eigenvalue weighted by Crippen LogP contribution is -2.38. The van der Waals surface area contributed by atoms with Gasteiger partial charge >= 0.3 is 0 Å². The first-order valence-electron chi connectivity index (χ1n) is 6.74. The zero-order chi connectivity index (χ0) is 15.5. The van der Waals surface area contributed by atoms with Gasteiger partial charge in [-0.05, 0) is 48.2 Å². The summed E-state index contributed by atoms with van der Waals surface area (Å²) >= 11 is 3.46. The summed E-state index contributed by atoms with van der Waals surface area (Å²) in [6.45, 7) is 1.46. The quantitative estimate of drug-likeness (QED) is 0.866. The molecule has 0 spiro atoms. The predicted molar refractivity (Wildman–Crippen MR) is 84.8 cm³/mol. The Kier molecular flexibility index (Phi) is 5.14. The van der Waals surface area contributed by atoms with Crippen molar-refractivity contribution >= 4 is 15.9 Å². The van der Waals surface area contributed by atoms with E-state index in [1.807, 2.05) is 31.2 Å². The van der Waals surface area contributed by atoms with E-state index in [9.17, 15) is 14.6 Å². The molecule has 0 fully saturated rings. The molecule has 21 heavy (non-hydrogen) atoms. The Morgan fingerprint density at radius 1 is 1.10 bits per heavy atom. The van der Waals surface area contributed by atoms with E-state index in [2.05, 4.69) is 15.9 Å². The molecule has 4 heteroatoms. The van der Waals surface area contributed by atoms with E-state index in [0.717, 1.165) is 21.2 Å². The molecule has 0 aromatic heterocycles. The van der Waals surface area contributed by atoms with E-state index in [1.165, 1.54) is 12.1 Å². The van der Waals surface area contributed by atoms with Gasteiger partial charge in [-0.2, -0.15) is 0 Å². The van der Waals surface area contributed by atoms with Crippen molar-refractivity contribution in [2.45, 2.75) is 18.8 Å². The number of benzene rings is 2. The largest absolute Gasteiger partial charge is 0.395 e. The third kappa shape index (κ3) is 3.34. The molecule has 0 radical (unpaired) electrons. The normalized spacial score (nSPS) is 11.7. The minimum atomic E-state index is -0.849. The van der Waals surface area contributed by atoms with Crippen molar-refractivity contribution in [2.75, 3.05) is 13.2 Å². The molecule has 2 aromatic carbocycles. The lowest BCUT2D eigenvalue weighted by atomic mass is 9.76. The van der Waals surface area contributed by atoms with Crippen LogP contribution in [0.5, 0.6) is 0 Å². The van der Waals surface area contributed by atoms with Crippen molar-refractivity contribution in [1.82, 2.24) is 0 Å². The molecule has 2 aromatic rings. The lowest BCUT2D eigenvalue weighted by molar-refractivity contribution is 0.115. The first kappa shape index (κ1) is 16.1. The summed E-state index contributed by atoms with van der Waals surface area (Å²) in [5.74, 6) is -0.312. The van der Waals surface area contributed by atoms with Crippen LogP contribution in [-0.4, -0.2) is 23.4 Å². The summed E-state index contributed by atoms with van der Waals surface area (Å²) in [5.41, 5.74) is 1.70. The average molecular weight is 353 g/mol. The summed E-state index contributed by atoms with van der Waals surface area (Å²) in [7, 11) is 0. The second-order valence-electron chi connectivity index (χ2n) is 5.32. The predicted octanol–water partition coefficient (Wildman–Crippen LogP) is 3.36. The van der Waals surface area contributed by atoms with Crippen LogP contribution < -0.4 is 0 Å². The zero-order valence-corrected chi connectivity index (χ0v) is 13.4. The van der Waals surface area contributed by atoms with E-state index < -0.39 is 5.41 Å². The van der Waals surface area contributed by atoms with Crippen LogP contribution in [0.25, 0.3) is 0 Å². The molecule has 0 bridgehead atoms. The number of aryl methyl sites for hydroxylation is 1. The van der Waals surface area contributed by atoms with Gasteiger partial charge in [-0.1, -0.05) is 40.2 Å². The monoisotopic (exact) mass is 352 g/mol. The van der Waals surface area contributed by atoms with Crippen LogP contribution >= 0.6 is 15.9 Å². The van der Waals surface area contributed by atoms with Gasteiger partial charge in [-0.15, -0.1) is 0 Å². The minimum Gasteiger partial charge on any atom is -0.395 e. The standard InChI is InChI=1S/C17H18BrFO2/c1-12-6-7-14(19)8-13(12)9-17(10-20,11-21)15-4-2-3-5-16(15)18/h2-8,20-21H,9-11H2,1H3. The maximum absolute atomic E-state index is 13.5. The first-order valence-corrected chi connectivity index (χ1v) is 7.53. The molecule has 0 unspecified atom stereocenters. The molecule has 0 aliphatic carbocycles. The number of hydrogen-bond donors (Lipinski definition) is 2. The van der Waals surface area contributed by atoms with E-state index >= 15 is 0 Å². The number of aliphatic hydroxyl groups excluding tert-OH is 2. The highest BCUT2D eigenvalue weighted by Crippen LogP contribution is 2.34. The molecule has 0 aliphatic heterocycles. The summed E-state index contributed by atoms with van der Waals surface area (Å²) in [6, 6.07) is 12.1. The second kappa shape index (κ2) is 6.69. The third-order valence-corrected chi connectivity index (χ3v) is 4.58. The molecule has 0 aliphatic rings. The van der Waals surface area contributed by atoms with Gasteiger partial charge in [0.15, 0.2) is 0 Å². The van der Waals surface area contributed by atoms with E-state index in [4.69, 9.17) is 0 Å². The summed E-state index contributed by atoms with van der Waals surface area (Å²) in [5, 5.41) is 19.8. The average Bonchev–Trinajstić information content (AvgIpc) is 2.49. The van der Waals surface area contributed by atoms with E-state index in [-0.39, 0.29) is 19.0 Å². The molecular weight excluding hydrogens is 335 g/mol. The number of aliphatic hydroxyl groups is 2. The topological polar surface area (TPSA) is 40.5 Å². The lowest BCUT2D eigenvalue weighted by Gasteiger charge is -2.32. The van der Waals surface area contributed by atoms with Gasteiger partial charge in [-0.25, -0.2) is 4.39 Å². The minimum absolute atomic E-state index is 0.220. The zero-order valence-electron chi connectivity index (χ0n) is 11.8. The van der Waals surface area contributed by atoms with Crippen molar-refractivity contribution in [2.24, 2.45) is 0 Å². The molecule has 0 atom stereocenters. The first-order chi connectivity index (χ1) is 10.0. The maximum atomic E-state index is 13.5. The van der Waals surface area contributed by atoms with Crippen LogP contribution in [0.1, 0.15) is 16.7 Å². The van der Waals surface area contributed by atoms with Gasteiger partial charge < -0.3 is 10.2 Å². The van der Waals surface area contributed by atoms with Gasteiger partial charge in [0.05, 0.1) is 13.2 Å². The van der Waals surface area contributed by atoms with Crippen LogP contribution in [0, 0.1) is 12.7 Å². The van der Waals surface area contributed by atoms with E-state index in [1.54, 1.807) is 6.07 Å². The van der Waals surface area contributed by atoms with Gasteiger partial charge in [0.25, 0.3) is 0 Å². The molecule has 2 N–H and O–H groups in total. The molecule has 0 saturated heterocycles. The van der Waals surface area contributed by atoms with Gasteiger partial charge in [0.2, 0.25) is 0 Å². The molecule has 112 valence electrons. The van der Waals surface area contributed by atoms with Gasteiger partial charge in [0.1, 0.15) is 5.82 Å². The molecule has 0 heterocycles. The van der Waals surface area contributed by atoms with Crippen molar-refractivity contribution in [1.29, 1.82) is 0 Å². The number of halogens is 2. The van der Waals surface area contributed by atoms with Crippen molar-refractivity contribution < 1.29 is 14.6 Å². The fraction of sp³-hybridized carbons (Fsp3) is 0.294. The second-order valence-corrected chi connectivity index (χ2v) is 6.18. The smallest absolute Gasteiger partial charge is 0.123 e. The van der Waals surface area contributed by atoms with Crippen molar-refractivity contribution in [3.8, 4) is 0 Å². The summed E-state index contributed by atoms with van der Waals surface area (Å²) in [6.07, 6.45) is 0.367. The fourth-order valence-corrected chi connectivity index (χ4v) is 3.22. The highest BCUT2D eigenvalue weighted by Gasteiger charge is 2.33. The Balaban J connectivity index is 2.48. The van der Waals surface area contributed by atoms with Gasteiger partial charge in [0, 0.05) is 9.89 Å². The summed E-state index contributed by atoms with van der Waals surface area (Å²) < 4.78 is 14.3. The molecule has 0 saturated carbocycles. The third-order valence-electron chi connectivity index (χ3n) is 3.89. The Bertz CT molecular complexity index is 624. The molecule has 2 nitrogen and oxygen atoms in total. The van der Waals surface area contributed by atoms with Crippen LogP contribution in [0.3, 0.4) is 0 Å². The van der Waals surface area contributed by atoms with Crippen molar-refractivity contribution in [3.63, 3.8) is 0 Å². The van der Waals surface area contributed by atoms with E-state index in [0.29, 0.717) is 6.42 Å². The molecular formula is C17H18BrFO2. The summed E-state index contributed by atoms with van der Waals surface area (Å²) in [4.78, 5) is 0.